The van der Waals surface area contributed by atoms with Crippen LogP contribution in [0.3, 0.4) is 0 Å². The molecule has 1 fully saturated rings. The van der Waals surface area contributed by atoms with Gasteiger partial charge in [-0.1, -0.05) is 37.5 Å². The quantitative estimate of drug-likeness (QED) is 0.222. The molecule has 1 aromatic heterocycles. The van der Waals surface area contributed by atoms with Crippen LogP contribution in [0.1, 0.15) is 48.9 Å². The molecule has 0 unspecified atom stereocenters. The van der Waals surface area contributed by atoms with Crippen molar-refractivity contribution < 1.29 is 4.79 Å². The number of nitrogens with one attached hydrogen (secondary N) is 2. The molecule has 0 spiro atoms. The van der Waals surface area contributed by atoms with E-state index < -0.39 is 0 Å². The average molecular weight is 419 g/mol. The normalized spacial score (nSPS) is 14.7. The second-order valence-electron chi connectivity index (χ2n) is 7.78. The summed E-state index contributed by atoms with van der Waals surface area (Å²) in [5.74, 6) is 1.30. The summed E-state index contributed by atoms with van der Waals surface area (Å²) in [6.07, 6.45) is 11.9. The lowest BCUT2D eigenvalue weighted by atomic mass is 9.91. The number of anilines is 1. The Morgan fingerprint density at radius 1 is 1.13 bits per heavy atom. The first-order valence-electron chi connectivity index (χ1n) is 11.0. The molecule has 1 aliphatic heterocycles. The van der Waals surface area contributed by atoms with Gasteiger partial charge in [0.1, 0.15) is 0 Å². The number of guanidine groups is 1. The monoisotopic (exact) mass is 418 g/mol. The van der Waals surface area contributed by atoms with Gasteiger partial charge in [-0.15, -0.1) is 0 Å². The smallest absolute Gasteiger partial charge is 0.253 e. The average Bonchev–Trinajstić information content (AvgIpc) is 2.82. The van der Waals surface area contributed by atoms with Crippen molar-refractivity contribution in [1.29, 1.82) is 5.26 Å². The van der Waals surface area contributed by atoms with Gasteiger partial charge >= 0.3 is 0 Å². The molecule has 3 rings (SSSR count). The largest absolute Gasteiger partial charge is 0.339 e. The lowest BCUT2D eigenvalue weighted by molar-refractivity contribution is 0.0685. The molecule has 1 aliphatic rings. The Bertz CT molecular complexity index is 870. The van der Waals surface area contributed by atoms with Crippen LogP contribution < -0.4 is 10.6 Å². The predicted molar refractivity (Wildman–Crippen MR) is 122 cm³/mol. The Kier molecular flexibility index (Phi) is 8.87. The van der Waals surface area contributed by atoms with Crippen LogP contribution in [0, 0.1) is 17.4 Å². The molecule has 1 amide bonds. The summed E-state index contributed by atoms with van der Waals surface area (Å²) in [6.45, 7) is 2.37. The number of nitriles is 1. The van der Waals surface area contributed by atoms with Gasteiger partial charge in [0, 0.05) is 31.4 Å². The van der Waals surface area contributed by atoms with E-state index in [4.69, 9.17) is 5.26 Å². The third-order valence-electron chi connectivity index (χ3n) is 5.56. The Hall–Kier alpha value is -3.40. The lowest BCUT2D eigenvalue weighted by Crippen LogP contribution is -2.38. The first kappa shape index (κ1) is 22.3. The number of amides is 1. The number of rotatable bonds is 8. The Morgan fingerprint density at radius 3 is 2.65 bits per heavy atom. The van der Waals surface area contributed by atoms with Crippen LogP contribution in [0.5, 0.6) is 0 Å². The molecular weight excluding hydrogens is 388 g/mol. The summed E-state index contributed by atoms with van der Waals surface area (Å²) in [4.78, 5) is 23.0. The van der Waals surface area contributed by atoms with Gasteiger partial charge in [0.25, 0.3) is 5.91 Å². The summed E-state index contributed by atoms with van der Waals surface area (Å²) in [6, 6.07) is 13.2. The van der Waals surface area contributed by atoms with Crippen molar-refractivity contribution in [3.63, 3.8) is 0 Å². The summed E-state index contributed by atoms with van der Waals surface area (Å²) in [5, 5.41) is 14.5. The van der Waals surface area contributed by atoms with Crippen molar-refractivity contribution in [3.8, 4) is 6.19 Å². The number of unbranched alkanes of at least 4 members (excludes halogenated alkanes) is 2. The lowest BCUT2D eigenvalue weighted by Gasteiger charge is -2.32. The minimum absolute atomic E-state index is 0.151. The number of pyridine rings is 1. The van der Waals surface area contributed by atoms with E-state index in [0.29, 0.717) is 18.4 Å². The SMILES string of the molecule is N#CNC(=NCCCCCC1CCN(C(=O)c2ccccc2)CC1)Nc1cccnc1. The van der Waals surface area contributed by atoms with Gasteiger partial charge in [0.15, 0.2) is 6.19 Å². The molecule has 0 radical (unpaired) electrons. The van der Waals surface area contributed by atoms with Crippen molar-refractivity contribution in [2.24, 2.45) is 10.9 Å². The number of aromatic nitrogens is 1. The summed E-state index contributed by atoms with van der Waals surface area (Å²) < 4.78 is 0. The fraction of sp³-hybridized carbons (Fsp3) is 0.417. The number of hydrogen-bond acceptors (Lipinski definition) is 4. The van der Waals surface area contributed by atoms with E-state index in [1.165, 1.54) is 12.8 Å². The summed E-state index contributed by atoms with van der Waals surface area (Å²) in [5.41, 5.74) is 1.57. The van der Waals surface area contributed by atoms with E-state index >= 15 is 0 Å². The van der Waals surface area contributed by atoms with E-state index in [-0.39, 0.29) is 5.91 Å². The molecule has 31 heavy (non-hydrogen) atoms. The van der Waals surface area contributed by atoms with E-state index in [9.17, 15) is 4.79 Å². The fourth-order valence-electron chi connectivity index (χ4n) is 3.84. The molecule has 7 heteroatoms. The van der Waals surface area contributed by atoms with Crippen LogP contribution in [0.4, 0.5) is 5.69 Å². The van der Waals surface area contributed by atoms with Gasteiger partial charge in [0.05, 0.1) is 11.9 Å². The third kappa shape index (κ3) is 7.41. The molecule has 0 atom stereocenters. The fourth-order valence-corrected chi connectivity index (χ4v) is 3.84. The minimum Gasteiger partial charge on any atom is -0.339 e. The highest BCUT2D eigenvalue weighted by atomic mass is 16.2. The molecule has 1 aromatic carbocycles. The van der Waals surface area contributed by atoms with Crippen LogP contribution in [-0.2, 0) is 0 Å². The number of carbonyl (C=O) groups excluding carboxylic acids is 1. The highest BCUT2D eigenvalue weighted by Crippen LogP contribution is 2.24. The predicted octanol–water partition coefficient (Wildman–Crippen LogP) is 4.03. The molecule has 7 nitrogen and oxygen atoms in total. The van der Waals surface area contributed by atoms with E-state index in [0.717, 1.165) is 50.0 Å². The standard InChI is InChI=1S/C24H30N6O/c25-19-28-24(29-22-11-7-14-26-18-22)27-15-6-2-3-8-20-12-16-30(17-13-20)23(31)21-9-4-1-5-10-21/h1,4-5,7,9-11,14,18,20H,2-3,6,8,12-13,15-17H2,(H2,27,28,29). The van der Waals surface area contributed by atoms with Crippen LogP contribution >= 0.6 is 0 Å². The van der Waals surface area contributed by atoms with Crippen molar-refractivity contribution in [3.05, 3.63) is 60.4 Å². The van der Waals surface area contributed by atoms with E-state index in [1.807, 2.05) is 53.6 Å². The Labute approximate surface area is 184 Å². The second kappa shape index (κ2) is 12.3. The molecule has 0 aliphatic carbocycles. The highest BCUT2D eigenvalue weighted by Gasteiger charge is 2.23. The van der Waals surface area contributed by atoms with E-state index in [1.54, 1.807) is 12.4 Å². The first-order chi connectivity index (χ1) is 15.3. The van der Waals surface area contributed by atoms with Gasteiger partial charge in [-0.25, -0.2) is 0 Å². The van der Waals surface area contributed by atoms with Crippen molar-refractivity contribution in [2.75, 3.05) is 25.0 Å². The topological polar surface area (TPSA) is 93.4 Å². The van der Waals surface area contributed by atoms with Crippen molar-refractivity contribution in [1.82, 2.24) is 15.2 Å². The van der Waals surface area contributed by atoms with Gasteiger partial charge in [0.2, 0.25) is 5.96 Å². The highest BCUT2D eigenvalue weighted by molar-refractivity contribution is 5.94. The number of nitrogens with zero attached hydrogens (tertiary/aromatic N) is 4. The zero-order valence-electron chi connectivity index (χ0n) is 17.8. The maximum atomic E-state index is 12.5. The Balaban J connectivity index is 1.31. The van der Waals surface area contributed by atoms with Gasteiger partial charge < -0.3 is 10.2 Å². The number of piperidine rings is 1. The van der Waals surface area contributed by atoms with Crippen molar-refractivity contribution >= 4 is 17.6 Å². The van der Waals surface area contributed by atoms with Gasteiger partial charge in [-0.3, -0.25) is 20.1 Å². The Morgan fingerprint density at radius 2 is 1.94 bits per heavy atom. The first-order valence-corrected chi connectivity index (χ1v) is 11.0. The number of hydrogen-bond donors (Lipinski definition) is 2. The molecule has 162 valence electrons. The zero-order chi connectivity index (χ0) is 21.7. The zero-order valence-corrected chi connectivity index (χ0v) is 17.8. The maximum absolute atomic E-state index is 12.5. The second-order valence-corrected chi connectivity index (χ2v) is 7.78. The molecule has 2 heterocycles. The molecule has 0 saturated carbocycles. The van der Waals surface area contributed by atoms with E-state index in [2.05, 4.69) is 20.6 Å². The molecule has 2 aromatic rings. The van der Waals surface area contributed by atoms with Crippen LogP contribution in [0.25, 0.3) is 0 Å². The van der Waals surface area contributed by atoms with Crippen LogP contribution in [0.2, 0.25) is 0 Å². The maximum Gasteiger partial charge on any atom is 0.253 e. The van der Waals surface area contributed by atoms with Crippen LogP contribution in [0.15, 0.2) is 59.9 Å². The summed E-state index contributed by atoms with van der Waals surface area (Å²) in [7, 11) is 0. The van der Waals surface area contributed by atoms with Crippen molar-refractivity contribution in [2.45, 2.75) is 38.5 Å². The van der Waals surface area contributed by atoms with Gasteiger partial charge in [-0.2, -0.15) is 5.26 Å². The summed E-state index contributed by atoms with van der Waals surface area (Å²) >= 11 is 0. The number of likely N-dealkylation sites (tertiary alicyclic amines) is 1. The number of carbonyl (C=O) groups is 1. The number of benzene rings is 1. The molecule has 2 N–H and O–H groups in total. The molecule has 0 bridgehead atoms. The molecule has 1 saturated heterocycles. The minimum atomic E-state index is 0.151. The number of aliphatic imine (C=N–C) groups is 1. The van der Waals surface area contributed by atoms with Crippen LogP contribution in [-0.4, -0.2) is 41.4 Å². The van der Waals surface area contributed by atoms with Gasteiger partial charge in [-0.05, 0) is 49.4 Å². The molecular formula is C24H30N6O. The third-order valence-corrected chi connectivity index (χ3v) is 5.56.